The van der Waals surface area contributed by atoms with E-state index in [4.69, 9.17) is 0 Å². The van der Waals surface area contributed by atoms with Crippen LogP contribution in [0, 0.1) is 20.8 Å². The fraction of sp³-hybridized carbons (Fsp3) is 0.211. The van der Waals surface area contributed by atoms with Crippen molar-refractivity contribution in [3.05, 3.63) is 64.9 Å². The van der Waals surface area contributed by atoms with Gasteiger partial charge in [-0.2, -0.15) is 13.2 Å². The molecule has 3 rings (SSSR count). The van der Waals surface area contributed by atoms with E-state index in [1.807, 2.05) is 13.0 Å². The third-order valence-corrected chi connectivity index (χ3v) is 5.70. The van der Waals surface area contributed by atoms with Crippen LogP contribution in [-0.2, 0) is 16.2 Å². The molecule has 0 spiro atoms. The lowest BCUT2D eigenvalue weighted by Crippen LogP contribution is -2.15. The molecule has 0 radical (unpaired) electrons. The minimum atomic E-state index is -4.67. The van der Waals surface area contributed by atoms with Crippen LogP contribution in [0.4, 0.5) is 18.9 Å². The maximum atomic E-state index is 12.9. The van der Waals surface area contributed by atoms with E-state index >= 15 is 0 Å². The van der Waals surface area contributed by atoms with E-state index in [2.05, 4.69) is 14.4 Å². The Hall–Kier alpha value is -2.81. The minimum Gasteiger partial charge on any atom is -0.351 e. The van der Waals surface area contributed by atoms with Gasteiger partial charge in [-0.3, -0.25) is 4.72 Å². The molecule has 2 aromatic carbocycles. The van der Waals surface area contributed by atoms with E-state index in [1.54, 1.807) is 26.0 Å². The zero-order chi connectivity index (χ0) is 20.7. The Kier molecular flexibility index (Phi) is 4.97. The van der Waals surface area contributed by atoms with Gasteiger partial charge in [-0.25, -0.2) is 8.42 Å². The van der Waals surface area contributed by atoms with Gasteiger partial charge in [-0.1, -0.05) is 35.0 Å². The van der Waals surface area contributed by atoms with Crippen molar-refractivity contribution < 1.29 is 26.1 Å². The number of nitrogens with zero attached hydrogens (tertiary/aromatic N) is 1. The fourth-order valence-corrected chi connectivity index (χ4v) is 4.12. The summed E-state index contributed by atoms with van der Waals surface area (Å²) < 4.78 is 70.7. The van der Waals surface area contributed by atoms with Crippen LogP contribution in [0.5, 0.6) is 0 Å². The number of halogens is 3. The summed E-state index contributed by atoms with van der Waals surface area (Å²) in [4.78, 5) is -0.0541. The zero-order valence-corrected chi connectivity index (χ0v) is 16.1. The summed E-state index contributed by atoms with van der Waals surface area (Å²) in [5.41, 5.74) is 2.71. The number of benzene rings is 2. The third kappa shape index (κ3) is 4.04. The van der Waals surface area contributed by atoms with Gasteiger partial charge in [0.1, 0.15) is 5.69 Å². The summed E-state index contributed by atoms with van der Waals surface area (Å²) in [6.45, 7) is 5.28. The lowest BCUT2D eigenvalue weighted by molar-refractivity contribution is -0.155. The molecule has 0 bridgehead atoms. The molecule has 0 fully saturated rings. The van der Waals surface area contributed by atoms with E-state index in [-0.39, 0.29) is 16.2 Å². The molecule has 148 valence electrons. The van der Waals surface area contributed by atoms with Crippen molar-refractivity contribution in [2.45, 2.75) is 31.8 Å². The highest BCUT2D eigenvalue weighted by Crippen LogP contribution is 2.33. The number of alkyl halides is 3. The maximum Gasteiger partial charge on any atom is 0.452 e. The number of nitrogens with one attached hydrogen (secondary N) is 1. The molecule has 3 aromatic rings. The number of aryl methyl sites for hydroxylation is 3. The van der Waals surface area contributed by atoms with Crippen LogP contribution in [0.25, 0.3) is 11.3 Å². The number of hydrogen-bond donors (Lipinski definition) is 1. The third-order valence-electron chi connectivity index (χ3n) is 4.19. The van der Waals surface area contributed by atoms with Crippen LogP contribution in [0.3, 0.4) is 0 Å². The molecule has 1 heterocycles. The lowest BCUT2D eigenvalue weighted by Gasteiger charge is -2.13. The molecule has 28 heavy (non-hydrogen) atoms. The molecule has 1 aromatic heterocycles. The lowest BCUT2D eigenvalue weighted by atomic mass is 10.1. The quantitative estimate of drug-likeness (QED) is 0.651. The Labute approximate surface area is 160 Å². The summed E-state index contributed by atoms with van der Waals surface area (Å²) in [6, 6.07) is 10.3. The van der Waals surface area contributed by atoms with Gasteiger partial charge >= 0.3 is 6.18 Å². The van der Waals surface area contributed by atoms with Crippen LogP contribution in [0.1, 0.15) is 22.5 Å². The Morgan fingerprint density at radius 2 is 1.68 bits per heavy atom. The van der Waals surface area contributed by atoms with Crippen LogP contribution >= 0.6 is 0 Å². The number of sulfonamides is 1. The van der Waals surface area contributed by atoms with E-state index in [9.17, 15) is 21.6 Å². The second-order valence-corrected chi connectivity index (χ2v) is 8.13. The second-order valence-electron chi connectivity index (χ2n) is 6.48. The Balaban J connectivity index is 2.00. The van der Waals surface area contributed by atoms with Crippen molar-refractivity contribution in [2.75, 3.05) is 4.72 Å². The van der Waals surface area contributed by atoms with Crippen molar-refractivity contribution >= 4 is 15.7 Å². The molecule has 9 heteroatoms. The fourth-order valence-electron chi connectivity index (χ4n) is 2.72. The first-order valence-electron chi connectivity index (χ1n) is 8.22. The van der Waals surface area contributed by atoms with Crippen LogP contribution in [0.15, 0.2) is 51.9 Å². The predicted molar refractivity (Wildman–Crippen MR) is 98.4 cm³/mol. The van der Waals surface area contributed by atoms with Gasteiger partial charge in [0.05, 0.1) is 10.6 Å². The van der Waals surface area contributed by atoms with Gasteiger partial charge in [-0.05, 0) is 44.0 Å². The van der Waals surface area contributed by atoms with Crippen LogP contribution < -0.4 is 4.72 Å². The van der Waals surface area contributed by atoms with Gasteiger partial charge in [0, 0.05) is 11.6 Å². The first-order chi connectivity index (χ1) is 13.0. The summed E-state index contributed by atoms with van der Waals surface area (Å²) >= 11 is 0. The molecule has 0 aliphatic rings. The number of aromatic nitrogens is 1. The number of rotatable bonds is 4. The molecule has 0 aliphatic heterocycles. The first kappa shape index (κ1) is 19.9. The van der Waals surface area contributed by atoms with E-state index in [0.717, 1.165) is 17.2 Å². The molecule has 0 unspecified atom stereocenters. The van der Waals surface area contributed by atoms with E-state index in [1.165, 1.54) is 18.2 Å². The second kappa shape index (κ2) is 6.97. The molecule has 0 saturated carbocycles. The molecule has 1 N–H and O–H groups in total. The minimum absolute atomic E-state index is 0.0541. The van der Waals surface area contributed by atoms with E-state index in [0.29, 0.717) is 11.3 Å². The van der Waals surface area contributed by atoms with Crippen molar-refractivity contribution in [1.29, 1.82) is 0 Å². The highest BCUT2D eigenvalue weighted by Gasteiger charge is 2.36. The monoisotopic (exact) mass is 410 g/mol. The molecule has 0 aliphatic carbocycles. The summed E-state index contributed by atoms with van der Waals surface area (Å²) in [6.07, 6.45) is -4.67. The zero-order valence-electron chi connectivity index (χ0n) is 15.3. The van der Waals surface area contributed by atoms with Crippen LogP contribution in [-0.4, -0.2) is 13.6 Å². The SMILES string of the molecule is Cc1ccc(NS(=O)(=O)c2cc(-c3cc(C(F)(F)F)on3)ccc2C)c(C)c1. The molecule has 0 amide bonds. The van der Waals surface area contributed by atoms with Crippen LogP contribution in [0.2, 0.25) is 0 Å². The van der Waals surface area contributed by atoms with Gasteiger partial charge in [0.25, 0.3) is 10.0 Å². The Morgan fingerprint density at radius 3 is 2.29 bits per heavy atom. The highest BCUT2D eigenvalue weighted by molar-refractivity contribution is 7.92. The summed E-state index contributed by atoms with van der Waals surface area (Å²) in [5, 5.41) is 3.40. The van der Waals surface area contributed by atoms with Crippen molar-refractivity contribution in [3.8, 4) is 11.3 Å². The molecular formula is C19H17F3N2O3S. The number of hydrogen-bond acceptors (Lipinski definition) is 4. The number of anilines is 1. The molecular weight excluding hydrogens is 393 g/mol. The Bertz CT molecular complexity index is 1140. The van der Waals surface area contributed by atoms with E-state index < -0.39 is 22.0 Å². The van der Waals surface area contributed by atoms with Crippen molar-refractivity contribution in [1.82, 2.24) is 5.16 Å². The predicted octanol–water partition coefficient (Wildman–Crippen LogP) is 5.09. The standard InChI is InChI=1S/C19H17F3N2O3S/c1-11-4-7-15(13(3)8-11)24-28(25,26)17-9-14(6-5-12(17)2)16-10-18(27-23-16)19(20,21)22/h4-10,24H,1-3H3. The summed E-state index contributed by atoms with van der Waals surface area (Å²) in [7, 11) is -3.96. The van der Waals surface area contributed by atoms with Crippen molar-refractivity contribution in [2.24, 2.45) is 0 Å². The smallest absolute Gasteiger partial charge is 0.351 e. The average Bonchev–Trinajstić information content (AvgIpc) is 3.08. The molecule has 0 saturated heterocycles. The normalized spacial score (nSPS) is 12.2. The van der Waals surface area contributed by atoms with Gasteiger partial charge < -0.3 is 4.52 Å². The largest absolute Gasteiger partial charge is 0.452 e. The molecule has 0 atom stereocenters. The van der Waals surface area contributed by atoms with Gasteiger partial charge in [0.15, 0.2) is 0 Å². The summed E-state index contributed by atoms with van der Waals surface area (Å²) in [5.74, 6) is -1.25. The average molecular weight is 410 g/mol. The highest BCUT2D eigenvalue weighted by atomic mass is 32.2. The van der Waals surface area contributed by atoms with Gasteiger partial charge in [0.2, 0.25) is 5.76 Å². The first-order valence-corrected chi connectivity index (χ1v) is 9.71. The maximum absolute atomic E-state index is 12.9. The molecule has 5 nitrogen and oxygen atoms in total. The Morgan fingerprint density at radius 1 is 0.964 bits per heavy atom. The van der Waals surface area contributed by atoms with Crippen molar-refractivity contribution in [3.63, 3.8) is 0 Å². The van der Waals surface area contributed by atoms with Gasteiger partial charge in [-0.15, -0.1) is 0 Å². The topological polar surface area (TPSA) is 72.2 Å².